The standard InChI is InChI=1S/C27H30F4N2O4/c28-21-6-10-22(11-7-21)36-19-26(18-24(34)32-14-2-1-3-15-32)12-16-33(17-13-26)25(35)20-4-8-23(9-5-20)37-27(29,30)31/h4-11H,1-3,12-19H2. The first-order valence-electron chi connectivity index (χ1n) is 12.4. The van der Waals surface area contributed by atoms with Crippen molar-refractivity contribution in [1.29, 1.82) is 0 Å². The van der Waals surface area contributed by atoms with E-state index in [1.165, 1.54) is 24.3 Å². The Bertz CT molecular complexity index is 1060. The zero-order valence-electron chi connectivity index (χ0n) is 20.4. The topological polar surface area (TPSA) is 59.1 Å². The second-order valence-electron chi connectivity index (χ2n) is 9.73. The Morgan fingerprint density at radius 1 is 0.811 bits per heavy atom. The summed E-state index contributed by atoms with van der Waals surface area (Å²) in [4.78, 5) is 29.7. The van der Waals surface area contributed by atoms with Gasteiger partial charge in [-0.25, -0.2) is 4.39 Å². The lowest BCUT2D eigenvalue weighted by Gasteiger charge is -2.42. The molecule has 10 heteroatoms. The van der Waals surface area contributed by atoms with Crippen LogP contribution in [0.25, 0.3) is 0 Å². The van der Waals surface area contributed by atoms with Gasteiger partial charge in [-0.1, -0.05) is 0 Å². The van der Waals surface area contributed by atoms with Crippen molar-refractivity contribution in [2.75, 3.05) is 32.8 Å². The molecule has 2 fully saturated rings. The van der Waals surface area contributed by atoms with Crippen LogP contribution < -0.4 is 9.47 Å². The molecule has 2 aliphatic rings. The van der Waals surface area contributed by atoms with E-state index in [0.29, 0.717) is 38.1 Å². The minimum atomic E-state index is -4.80. The van der Waals surface area contributed by atoms with Crippen molar-refractivity contribution in [2.24, 2.45) is 5.41 Å². The van der Waals surface area contributed by atoms with Crippen molar-refractivity contribution in [1.82, 2.24) is 9.80 Å². The van der Waals surface area contributed by atoms with E-state index in [9.17, 15) is 27.2 Å². The first-order valence-corrected chi connectivity index (χ1v) is 12.4. The number of carbonyl (C=O) groups excluding carboxylic acids is 2. The second kappa shape index (κ2) is 11.4. The van der Waals surface area contributed by atoms with Crippen LogP contribution in [0.1, 0.15) is 48.9 Å². The molecule has 0 saturated carbocycles. The highest BCUT2D eigenvalue weighted by Crippen LogP contribution is 2.37. The molecule has 0 unspecified atom stereocenters. The lowest BCUT2D eigenvalue weighted by molar-refractivity contribution is -0.274. The Kier molecular flexibility index (Phi) is 8.24. The van der Waals surface area contributed by atoms with Gasteiger partial charge in [-0.2, -0.15) is 0 Å². The maximum Gasteiger partial charge on any atom is 0.573 e. The summed E-state index contributed by atoms with van der Waals surface area (Å²) in [7, 11) is 0. The summed E-state index contributed by atoms with van der Waals surface area (Å²) in [6.07, 6.45) is -0.380. The Balaban J connectivity index is 1.42. The lowest BCUT2D eigenvalue weighted by Crippen LogP contribution is -2.48. The normalized spacial score (nSPS) is 17.8. The molecule has 2 aromatic rings. The summed E-state index contributed by atoms with van der Waals surface area (Å²) in [6.45, 7) is 2.49. The first-order chi connectivity index (χ1) is 17.6. The Hall–Kier alpha value is -3.30. The number of rotatable bonds is 7. The van der Waals surface area contributed by atoms with Gasteiger partial charge < -0.3 is 19.3 Å². The maximum atomic E-state index is 13.3. The number of piperidine rings is 2. The third kappa shape index (κ3) is 7.36. The molecular formula is C27H30F4N2O4. The summed E-state index contributed by atoms with van der Waals surface area (Å²) < 4.78 is 60.4. The largest absolute Gasteiger partial charge is 0.573 e. The third-order valence-electron chi connectivity index (χ3n) is 7.04. The highest BCUT2D eigenvalue weighted by Gasteiger charge is 2.40. The molecule has 2 aromatic carbocycles. The highest BCUT2D eigenvalue weighted by molar-refractivity contribution is 5.94. The number of halogens is 4. The monoisotopic (exact) mass is 522 g/mol. The average Bonchev–Trinajstić information content (AvgIpc) is 2.88. The van der Waals surface area contributed by atoms with Gasteiger partial charge in [-0.05, 0) is 80.6 Å². The molecule has 2 aliphatic heterocycles. The summed E-state index contributed by atoms with van der Waals surface area (Å²) in [5.41, 5.74) is -0.238. The van der Waals surface area contributed by atoms with Crippen LogP contribution in [-0.2, 0) is 4.79 Å². The van der Waals surface area contributed by atoms with Crippen LogP contribution >= 0.6 is 0 Å². The van der Waals surface area contributed by atoms with Crippen LogP contribution in [0.4, 0.5) is 17.6 Å². The fraction of sp³-hybridized carbons (Fsp3) is 0.481. The number of hydrogen-bond acceptors (Lipinski definition) is 4. The molecule has 200 valence electrons. The fourth-order valence-corrected chi connectivity index (χ4v) is 4.88. The molecule has 0 radical (unpaired) electrons. The molecule has 4 rings (SSSR count). The molecule has 0 aromatic heterocycles. The van der Waals surface area contributed by atoms with Crippen molar-refractivity contribution in [3.63, 3.8) is 0 Å². The molecule has 0 bridgehead atoms. The van der Waals surface area contributed by atoms with E-state index in [0.717, 1.165) is 44.5 Å². The zero-order valence-corrected chi connectivity index (χ0v) is 20.4. The van der Waals surface area contributed by atoms with Crippen LogP contribution in [0.2, 0.25) is 0 Å². The number of nitrogens with zero attached hydrogens (tertiary/aromatic N) is 2. The molecule has 2 amide bonds. The number of amides is 2. The predicted octanol–water partition coefficient (Wildman–Crippen LogP) is 5.43. The van der Waals surface area contributed by atoms with Gasteiger partial charge in [-0.15, -0.1) is 13.2 Å². The van der Waals surface area contributed by atoms with Crippen LogP contribution in [0.15, 0.2) is 48.5 Å². The van der Waals surface area contributed by atoms with Gasteiger partial charge in [0, 0.05) is 43.6 Å². The summed E-state index contributed by atoms with van der Waals surface area (Å²) >= 11 is 0. The number of carbonyl (C=O) groups is 2. The SMILES string of the molecule is O=C(CC1(COc2ccc(F)cc2)CCN(C(=O)c2ccc(OC(F)(F)F)cc2)CC1)N1CCCCC1. The lowest BCUT2D eigenvalue weighted by atomic mass is 9.75. The van der Waals surface area contributed by atoms with Gasteiger partial charge in [0.2, 0.25) is 5.91 Å². The van der Waals surface area contributed by atoms with Gasteiger partial charge in [0.25, 0.3) is 5.91 Å². The van der Waals surface area contributed by atoms with E-state index in [4.69, 9.17) is 4.74 Å². The molecule has 0 spiro atoms. The molecule has 2 saturated heterocycles. The van der Waals surface area contributed by atoms with E-state index in [1.54, 1.807) is 17.0 Å². The van der Waals surface area contributed by atoms with Crippen LogP contribution in [0.5, 0.6) is 11.5 Å². The molecule has 37 heavy (non-hydrogen) atoms. The number of benzene rings is 2. The first kappa shape index (κ1) is 26.8. The number of ether oxygens (including phenoxy) is 2. The molecule has 0 atom stereocenters. The zero-order chi connectivity index (χ0) is 26.5. The summed E-state index contributed by atoms with van der Waals surface area (Å²) in [5.74, 6) is -0.481. The molecule has 0 aliphatic carbocycles. The Morgan fingerprint density at radius 2 is 1.41 bits per heavy atom. The van der Waals surface area contributed by atoms with Gasteiger partial charge in [0.05, 0.1) is 6.61 Å². The fourth-order valence-electron chi connectivity index (χ4n) is 4.88. The van der Waals surface area contributed by atoms with E-state index < -0.39 is 17.5 Å². The van der Waals surface area contributed by atoms with Crippen molar-refractivity contribution in [2.45, 2.75) is 44.9 Å². The second-order valence-corrected chi connectivity index (χ2v) is 9.73. The van der Waals surface area contributed by atoms with E-state index in [-0.39, 0.29) is 29.8 Å². The van der Waals surface area contributed by atoms with E-state index in [2.05, 4.69) is 4.74 Å². The molecule has 2 heterocycles. The quantitative estimate of drug-likeness (QED) is 0.455. The highest BCUT2D eigenvalue weighted by atomic mass is 19.4. The Labute approximate surface area is 213 Å². The van der Waals surface area contributed by atoms with E-state index >= 15 is 0 Å². The van der Waals surface area contributed by atoms with Crippen LogP contribution in [-0.4, -0.2) is 60.8 Å². The molecule has 0 N–H and O–H groups in total. The van der Waals surface area contributed by atoms with Crippen LogP contribution in [0, 0.1) is 11.2 Å². The minimum Gasteiger partial charge on any atom is -0.493 e. The number of likely N-dealkylation sites (tertiary alicyclic amines) is 2. The number of hydrogen-bond donors (Lipinski definition) is 0. The molecule has 6 nitrogen and oxygen atoms in total. The maximum absolute atomic E-state index is 13.3. The summed E-state index contributed by atoms with van der Waals surface area (Å²) in [6, 6.07) is 10.6. The third-order valence-corrected chi connectivity index (χ3v) is 7.04. The Morgan fingerprint density at radius 3 is 2.00 bits per heavy atom. The van der Waals surface area contributed by atoms with E-state index in [1.807, 2.05) is 4.90 Å². The van der Waals surface area contributed by atoms with Gasteiger partial charge in [0.1, 0.15) is 17.3 Å². The van der Waals surface area contributed by atoms with Crippen LogP contribution in [0.3, 0.4) is 0 Å². The van der Waals surface area contributed by atoms with Crippen molar-refractivity contribution in [3.8, 4) is 11.5 Å². The van der Waals surface area contributed by atoms with Gasteiger partial charge in [0.15, 0.2) is 0 Å². The summed E-state index contributed by atoms with van der Waals surface area (Å²) in [5, 5.41) is 0. The predicted molar refractivity (Wildman–Crippen MR) is 128 cm³/mol. The number of alkyl halides is 3. The van der Waals surface area contributed by atoms with Gasteiger partial charge >= 0.3 is 6.36 Å². The smallest absolute Gasteiger partial charge is 0.493 e. The van der Waals surface area contributed by atoms with Crippen molar-refractivity contribution >= 4 is 11.8 Å². The van der Waals surface area contributed by atoms with Crippen molar-refractivity contribution < 1.29 is 36.6 Å². The van der Waals surface area contributed by atoms with Gasteiger partial charge in [-0.3, -0.25) is 9.59 Å². The minimum absolute atomic E-state index is 0.0717. The van der Waals surface area contributed by atoms with Crippen molar-refractivity contribution in [3.05, 3.63) is 59.9 Å². The molecular weight excluding hydrogens is 492 g/mol. The average molecular weight is 523 g/mol.